The number of rotatable bonds is 4. The molecule has 0 amide bonds. The lowest BCUT2D eigenvalue weighted by atomic mass is 9.85. The molecule has 2 heterocycles. The van der Waals surface area contributed by atoms with Crippen LogP contribution in [0.4, 0.5) is 0 Å². The first-order valence-electron chi connectivity index (χ1n) is 15.3. The fourth-order valence-corrected chi connectivity index (χ4v) is 7.85. The molecule has 0 spiro atoms. The van der Waals surface area contributed by atoms with E-state index in [0.717, 1.165) is 29.5 Å². The first kappa shape index (κ1) is 26.0. The van der Waals surface area contributed by atoms with Crippen LogP contribution in [-0.4, -0.2) is 15.0 Å². The molecule has 0 N–H and O–H groups in total. The highest BCUT2D eigenvalue weighted by Crippen LogP contribution is 2.45. The smallest absolute Gasteiger partial charge is 0.164 e. The van der Waals surface area contributed by atoms with Gasteiger partial charge in [0.1, 0.15) is 0 Å². The minimum Gasteiger partial charge on any atom is -0.208 e. The summed E-state index contributed by atoms with van der Waals surface area (Å²) in [7, 11) is 0. The van der Waals surface area contributed by atoms with Gasteiger partial charge in [-0.05, 0) is 70.1 Å². The Labute approximate surface area is 265 Å². The zero-order chi connectivity index (χ0) is 29.7. The van der Waals surface area contributed by atoms with E-state index < -0.39 is 0 Å². The van der Waals surface area contributed by atoms with E-state index >= 15 is 0 Å². The molecule has 0 saturated heterocycles. The summed E-state index contributed by atoms with van der Waals surface area (Å²) in [6.45, 7) is 0. The summed E-state index contributed by atoms with van der Waals surface area (Å²) in [6, 6.07) is 45.0. The number of thiophene rings is 1. The molecule has 1 aliphatic carbocycles. The third-order valence-corrected chi connectivity index (χ3v) is 9.89. The van der Waals surface area contributed by atoms with Crippen LogP contribution in [0, 0.1) is 0 Å². The maximum absolute atomic E-state index is 5.10. The Hall–Kier alpha value is -5.45. The monoisotopic (exact) mass is 593 g/mol. The van der Waals surface area contributed by atoms with Gasteiger partial charge in [0.05, 0.1) is 0 Å². The molecular formula is C41H27N3S. The molecule has 0 aliphatic heterocycles. The van der Waals surface area contributed by atoms with E-state index in [1.54, 1.807) is 0 Å². The van der Waals surface area contributed by atoms with Gasteiger partial charge in [0.15, 0.2) is 17.5 Å². The Bertz CT molecular complexity index is 2370. The summed E-state index contributed by atoms with van der Waals surface area (Å²) in [5, 5.41) is 5.18. The van der Waals surface area contributed by atoms with E-state index in [-0.39, 0.29) is 0 Å². The molecule has 0 saturated carbocycles. The number of aryl methyl sites for hydroxylation is 1. The number of benzene rings is 6. The number of hydrogen-bond acceptors (Lipinski definition) is 4. The Kier molecular flexibility index (Phi) is 6.13. The van der Waals surface area contributed by atoms with E-state index in [1.807, 2.05) is 47.7 Å². The summed E-state index contributed by atoms with van der Waals surface area (Å²) >= 11 is 1.83. The molecule has 2 aromatic heterocycles. The summed E-state index contributed by atoms with van der Waals surface area (Å²) in [5.74, 6) is 2.01. The van der Waals surface area contributed by atoms with Crippen LogP contribution in [0.2, 0.25) is 0 Å². The van der Waals surface area contributed by atoms with Gasteiger partial charge in [-0.15, -0.1) is 11.3 Å². The van der Waals surface area contributed by atoms with Crippen molar-refractivity contribution in [3.8, 4) is 45.3 Å². The van der Waals surface area contributed by atoms with Crippen LogP contribution in [0.15, 0.2) is 133 Å². The van der Waals surface area contributed by atoms with Gasteiger partial charge in [0, 0.05) is 36.9 Å². The van der Waals surface area contributed by atoms with Crippen LogP contribution in [-0.2, 0) is 6.42 Å². The van der Waals surface area contributed by atoms with Crippen molar-refractivity contribution in [1.82, 2.24) is 15.0 Å². The van der Waals surface area contributed by atoms with Crippen molar-refractivity contribution < 1.29 is 0 Å². The first-order valence-corrected chi connectivity index (χ1v) is 16.2. The number of fused-ring (bicyclic) bond motifs is 6. The number of aromatic nitrogens is 3. The molecule has 0 unspecified atom stereocenters. The third kappa shape index (κ3) is 4.45. The maximum Gasteiger partial charge on any atom is 0.164 e. The highest BCUT2D eigenvalue weighted by atomic mass is 32.1. The molecule has 4 heteroatoms. The van der Waals surface area contributed by atoms with Crippen molar-refractivity contribution in [1.29, 1.82) is 0 Å². The quantitative estimate of drug-likeness (QED) is 0.204. The van der Waals surface area contributed by atoms with Crippen LogP contribution >= 0.6 is 11.3 Å². The van der Waals surface area contributed by atoms with E-state index in [2.05, 4.69) is 103 Å². The van der Waals surface area contributed by atoms with Crippen molar-refractivity contribution in [2.24, 2.45) is 0 Å². The second-order valence-electron chi connectivity index (χ2n) is 11.5. The molecule has 9 rings (SSSR count). The van der Waals surface area contributed by atoms with Gasteiger partial charge in [-0.25, -0.2) is 15.0 Å². The predicted molar refractivity (Wildman–Crippen MR) is 189 cm³/mol. The SMILES string of the molecule is C1=Cc2cc(-c3cc(-c4nc(-c5ccccc5)nc(-c5ccccc5)n4)cc4sc5ccccc5c34)c3ccccc3c2CC1. The molecule has 1 aliphatic rings. The highest BCUT2D eigenvalue weighted by Gasteiger charge is 2.20. The minimum atomic E-state index is 0.668. The molecule has 3 nitrogen and oxygen atoms in total. The molecule has 0 bridgehead atoms. The van der Waals surface area contributed by atoms with Gasteiger partial charge in [-0.3, -0.25) is 0 Å². The lowest BCUT2D eigenvalue weighted by Crippen LogP contribution is -2.00. The maximum atomic E-state index is 5.10. The van der Waals surface area contributed by atoms with Gasteiger partial charge >= 0.3 is 0 Å². The van der Waals surface area contributed by atoms with Gasteiger partial charge < -0.3 is 0 Å². The lowest BCUT2D eigenvalue weighted by molar-refractivity contribution is 0.997. The Morgan fingerprint density at radius 3 is 1.80 bits per heavy atom. The summed E-state index contributed by atoms with van der Waals surface area (Å²) in [5.41, 5.74) is 8.12. The molecule has 0 atom stereocenters. The van der Waals surface area contributed by atoms with Crippen LogP contribution in [0.3, 0.4) is 0 Å². The molecule has 8 aromatic rings. The summed E-state index contributed by atoms with van der Waals surface area (Å²) < 4.78 is 2.50. The standard InChI is InChI=1S/C41H27N3S/c1-3-13-26(14-4-1)39-42-40(27-15-5-2-6-16-27)44-41(43-39)29-24-35(38-33-21-11-12-22-36(33)45-37(38)25-29)34-23-28-17-7-8-18-30(28)31-19-9-10-20-32(31)34/h1-7,9-17,19-25H,8,18H2. The second kappa shape index (κ2) is 10.6. The van der Waals surface area contributed by atoms with E-state index in [4.69, 9.17) is 15.0 Å². The first-order chi connectivity index (χ1) is 22.3. The predicted octanol–water partition coefficient (Wildman–Crippen LogP) is 11.0. The Morgan fingerprint density at radius 2 is 1.09 bits per heavy atom. The normalized spacial score (nSPS) is 12.6. The zero-order valence-corrected chi connectivity index (χ0v) is 25.3. The largest absolute Gasteiger partial charge is 0.208 e. The molecule has 0 fully saturated rings. The highest BCUT2D eigenvalue weighted by molar-refractivity contribution is 7.26. The summed E-state index contributed by atoms with van der Waals surface area (Å²) in [6.07, 6.45) is 6.75. The fraction of sp³-hybridized carbons (Fsp3) is 0.0488. The van der Waals surface area contributed by atoms with E-state index in [0.29, 0.717) is 17.5 Å². The lowest BCUT2D eigenvalue weighted by Gasteiger charge is -2.19. The zero-order valence-electron chi connectivity index (χ0n) is 24.4. The molecular weight excluding hydrogens is 567 g/mol. The van der Waals surface area contributed by atoms with Crippen molar-refractivity contribution in [2.45, 2.75) is 12.8 Å². The van der Waals surface area contributed by atoms with E-state index in [1.165, 1.54) is 53.2 Å². The molecule has 6 aromatic carbocycles. The average molecular weight is 594 g/mol. The van der Waals surface area contributed by atoms with Crippen LogP contribution in [0.1, 0.15) is 17.5 Å². The second-order valence-corrected chi connectivity index (χ2v) is 12.6. The van der Waals surface area contributed by atoms with Crippen molar-refractivity contribution in [3.63, 3.8) is 0 Å². The van der Waals surface area contributed by atoms with Gasteiger partial charge in [0.25, 0.3) is 0 Å². The number of hydrogen-bond donors (Lipinski definition) is 0. The average Bonchev–Trinajstić information content (AvgIpc) is 3.50. The Morgan fingerprint density at radius 1 is 0.489 bits per heavy atom. The fourth-order valence-electron chi connectivity index (χ4n) is 6.68. The molecule has 45 heavy (non-hydrogen) atoms. The minimum absolute atomic E-state index is 0.668. The third-order valence-electron chi connectivity index (χ3n) is 8.78. The van der Waals surface area contributed by atoms with Crippen molar-refractivity contribution in [3.05, 3.63) is 145 Å². The van der Waals surface area contributed by atoms with Crippen LogP contribution in [0.25, 0.3) is 82.3 Å². The molecule has 212 valence electrons. The number of allylic oxidation sites excluding steroid dienone is 1. The van der Waals surface area contributed by atoms with Crippen LogP contribution < -0.4 is 0 Å². The summed E-state index contributed by atoms with van der Waals surface area (Å²) in [4.78, 5) is 15.1. The molecule has 0 radical (unpaired) electrons. The van der Waals surface area contributed by atoms with Crippen molar-refractivity contribution >= 4 is 48.4 Å². The van der Waals surface area contributed by atoms with Gasteiger partial charge in [-0.1, -0.05) is 115 Å². The number of nitrogens with zero attached hydrogens (tertiary/aromatic N) is 3. The van der Waals surface area contributed by atoms with Crippen LogP contribution in [0.5, 0.6) is 0 Å². The topological polar surface area (TPSA) is 38.7 Å². The van der Waals surface area contributed by atoms with Gasteiger partial charge in [-0.2, -0.15) is 0 Å². The Balaban J connectivity index is 1.36. The van der Waals surface area contributed by atoms with Gasteiger partial charge in [0.2, 0.25) is 0 Å². The van der Waals surface area contributed by atoms with Crippen molar-refractivity contribution in [2.75, 3.05) is 0 Å². The van der Waals surface area contributed by atoms with E-state index in [9.17, 15) is 0 Å².